The summed E-state index contributed by atoms with van der Waals surface area (Å²) in [6, 6.07) is 0.174. The Bertz CT molecular complexity index is 324. The Kier molecular flexibility index (Phi) is 6.13. The smallest absolute Gasteiger partial charge is 0.356 e. The zero-order valence-electron chi connectivity index (χ0n) is 11.3. The topological polar surface area (TPSA) is 55.1 Å². The van der Waals surface area contributed by atoms with Gasteiger partial charge in [0.25, 0.3) is 0 Å². The average molecular weight is 315 g/mol. The SMILES string of the molecule is Cl.NC1C2CCCC1CC(C(=O)NCCC(F)(F)F)C2. The first-order valence-electron chi connectivity index (χ1n) is 6.97. The van der Waals surface area contributed by atoms with Crippen LogP contribution in [0.15, 0.2) is 0 Å². The fraction of sp³-hybridized carbons (Fsp3) is 0.923. The van der Waals surface area contributed by atoms with E-state index in [0.29, 0.717) is 11.8 Å². The van der Waals surface area contributed by atoms with Crippen LogP contribution >= 0.6 is 12.4 Å². The Hall–Kier alpha value is -0.490. The lowest BCUT2D eigenvalue weighted by atomic mass is 9.65. The number of carbonyl (C=O) groups excluding carboxylic acids is 1. The normalized spacial score (nSPS) is 33.2. The van der Waals surface area contributed by atoms with Crippen LogP contribution in [0.25, 0.3) is 0 Å². The minimum Gasteiger partial charge on any atom is -0.356 e. The summed E-state index contributed by atoms with van der Waals surface area (Å²) in [5.41, 5.74) is 6.12. The first-order chi connectivity index (χ1) is 8.87. The number of alkyl halides is 3. The van der Waals surface area contributed by atoms with Crippen LogP contribution in [0.2, 0.25) is 0 Å². The van der Waals surface area contributed by atoms with Gasteiger partial charge in [-0.15, -0.1) is 12.4 Å². The third-order valence-electron chi connectivity index (χ3n) is 4.49. The number of nitrogens with one attached hydrogen (secondary N) is 1. The van der Waals surface area contributed by atoms with E-state index in [2.05, 4.69) is 5.32 Å². The van der Waals surface area contributed by atoms with Crippen LogP contribution in [-0.4, -0.2) is 24.7 Å². The lowest BCUT2D eigenvalue weighted by Crippen LogP contribution is -2.49. The molecule has 0 aromatic heterocycles. The minimum absolute atomic E-state index is 0. The van der Waals surface area contributed by atoms with Crippen LogP contribution in [0, 0.1) is 17.8 Å². The minimum atomic E-state index is -4.21. The number of amides is 1. The molecule has 1 amide bonds. The van der Waals surface area contributed by atoms with E-state index in [-0.39, 0.29) is 36.8 Å². The van der Waals surface area contributed by atoms with Crippen LogP contribution in [0.3, 0.4) is 0 Å². The lowest BCUT2D eigenvalue weighted by Gasteiger charge is -2.43. The van der Waals surface area contributed by atoms with Gasteiger partial charge in [0, 0.05) is 18.5 Å². The molecule has 118 valence electrons. The number of hydrogen-bond acceptors (Lipinski definition) is 2. The van der Waals surface area contributed by atoms with Gasteiger partial charge in [-0.25, -0.2) is 0 Å². The maximum absolute atomic E-state index is 12.0. The van der Waals surface area contributed by atoms with Crippen molar-refractivity contribution in [1.29, 1.82) is 0 Å². The summed E-state index contributed by atoms with van der Waals surface area (Å²) < 4.78 is 36.1. The van der Waals surface area contributed by atoms with E-state index in [1.165, 1.54) is 0 Å². The summed E-state index contributed by atoms with van der Waals surface area (Å²) in [7, 11) is 0. The Labute approximate surface area is 123 Å². The molecule has 2 rings (SSSR count). The number of fused-ring (bicyclic) bond motifs is 2. The first-order valence-corrected chi connectivity index (χ1v) is 6.97. The van der Waals surface area contributed by atoms with Gasteiger partial charge in [0.15, 0.2) is 0 Å². The molecule has 2 fully saturated rings. The van der Waals surface area contributed by atoms with Crippen molar-refractivity contribution < 1.29 is 18.0 Å². The van der Waals surface area contributed by atoms with Gasteiger partial charge in [-0.1, -0.05) is 6.42 Å². The molecular weight excluding hydrogens is 293 g/mol. The monoisotopic (exact) mass is 314 g/mol. The Morgan fingerprint density at radius 3 is 2.25 bits per heavy atom. The second-order valence-electron chi connectivity index (χ2n) is 5.85. The van der Waals surface area contributed by atoms with E-state index in [1.54, 1.807) is 0 Å². The number of rotatable bonds is 3. The molecular formula is C13H22ClF3N2O. The highest BCUT2D eigenvalue weighted by Crippen LogP contribution is 2.41. The maximum Gasteiger partial charge on any atom is 0.390 e. The van der Waals surface area contributed by atoms with E-state index in [1.807, 2.05) is 0 Å². The molecule has 0 aliphatic heterocycles. The molecule has 0 radical (unpaired) electrons. The lowest BCUT2D eigenvalue weighted by molar-refractivity contribution is -0.137. The van der Waals surface area contributed by atoms with Crippen molar-refractivity contribution in [2.45, 2.75) is 50.7 Å². The van der Waals surface area contributed by atoms with Crippen molar-refractivity contribution in [2.75, 3.05) is 6.54 Å². The van der Waals surface area contributed by atoms with E-state index in [9.17, 15) is 18.0 Å². The second-order valence-corrected chi connectivity index (χ2v) is 5.85. The Balaban J connectivity index is 0.00000200. The highest BCUT2D eigenvalue weighted by molar-refractivity contribution is 5.85. The Morgan fingerprint density at radius 1 is 1.20 bits per heavy atom. The van der Waals surface area contributed by atoms with Crippen molar-refractivity contribution in [3.63, 3.8) is 0 Å². The van der Waals surface area contributed by atoms with Crippen LogP contribution < -0.4 is 11.1 Å². The van der Waals surface area contributed by atoms with Gasteiger partial charge in [-0.3, -0.25) is 4.79 Å². The predicted octanol–water partition coefficient (Wildman–Crippen LogP) is 2.63. The highest BCUT2D eigenvalue weighted by Gasteiger charge is 2.40. The molecule has 7 heteroatoms. The number of halogens is 4. The van der Waals surface area contributed by atoms with E-state index >= 15 is 0 Å². The standard InChI is InChI=1S/C13H21F3N2O.ClH/c14-13(15,16)4-5-18-12(19)10-6-8-2-1-3-9(7-10)11(8)17;/h8-11H,1-7,17H2,(H,18,19);1H. The second kappa shape index (κ2) is 6.98. The van der Waals surface area contributed by atoms with Gasteiger partial charge < -0.3 is 11.1 Å². The summed E-state index contributed by atoms with van der Waals surface area (Å²) in [4.78, 5) is 11.9. The summed E-state index contributed by atoms with van der Waals surface area (Å²) >= 11 is 0. The van der Waals surface area contributed by atoms with Crippen molar-refractivity contribution in [2.24, 2.45) is 23.5 Å². The van der Waals surface area contributed by atoms with Crippen molar-refractivity contribution >= 4 is 18.3 Å². The molecule has 2 unspecified atom stereocenters. The third kappa shape index (κ3) is 4.52. The van der Waals surface area contributed by atoms with Crippen LogP contribution in [0.1, 0.15) is 38.5 Å². The molecule has 2 saturated carbocycles. The van der Waals surface area contributed by atoms with E-state index in [4.69, 9.17) is 5.73 Å². The van der Waals surface area contributed by atoms with Gasteiger partial charge in [-0.2, -0.15) is 13.2 Å². The predicted molar refractivity (Wildman–Crippen MR) is 72.5 cm³/mol. The first kappa shape index (κ1) is 17.6. The molecule has 2 atom stereocenters. The molecule has 2 aliphatic rings. The summed E-state index contributed by atoms with van der Waals surface area (Å²) in [6.45, 7) is -0.319. The van der Waals surface area contributed by atoms with E-state index < -0.39 is 12.6 Å². The highest BCUT2D eigenvalue weighted by atomic mass is 35.5. The number of hydrogen-bond donors (Lipinski definition) is 2. The zero-order valence-corrected chi connectivity index (χ0v) is 12.1. The van der Waals surface area contributed by atoms with Gasteiger partial charge in [0.05, 0.1) is 6.42 Å². The van der Waals surface area contributed by atoms with Crippen LogP contribution in [0.4, 0.5) is 13.2 Å². The maximum atomic E-state index is 12.0. The van der Waals surface area contributed by atoms with Crippen molar-refractivity contribution in [1.82, 2.24) is 5.32 Å². The Morgan fingerprint density at radius 2 is 1.75 bits per heavy atom. The molecule has 0 spiro atoms. The van der Waals surface area contributed by atoms with Gasteiger partial charge >= 0.3 is 6.18 Å². The van der Waals surface area contributed by atoms with Crippen molar-refractivity contribution in [3.8, 4) is 0 Å². The summed E-state index contributed by atoms with van der Waals surface area (Å²) in [6.07, 6.45) is -0.457. The van der Waals surface area contributed by atoms with Crippen LogP contribution in [-0.2, 0) is 4.79 Å². The molecule has 20 heavy (non-hydrogen) atoms. The molecule has 3 nitrogen and oxygen atoms in total. The fourth-order valence-electron chi connectivity index (χ4n) is 3.47. The molecule has 0 heterocycles. The average Bonchev–Trinajstić information content (AvgIpc) is 2.26. The summed E-state index contributed by atoms with van der Waals surface area (Å²) in [5.74, 6) is 0.355. The zero-order chi connectivity index (χ0) is 14.0. The molecule has 0 aromatic rings. The van der Waals surface area contributed by atoms with Crippen molar-refractivity contribution in [3.05, 3.63) is 0 Å². The van der Waals surface area contributed by atoms with Gasteiger partial charge in [0.2, 0.25) is 5.91 Å². The molecule has 0 aromatic carbocycles. The van der Waals surface area contributed by atoms with E-state index in [0.717, 1.165) is 32.1 Å². The van der Waals surface area contributed by atoms with Gasteiger partial charge in [0.1, 0.15) is 0 Å². The number of nitrogens with two attached hydrogens (primary N) is 1. The number of carbonyl (C=O) groups is 1. The fourth-order valence-corrected chi connectivity index (χ4v) is 3.47. The molecule has 2 bridgehead atoms. The molecule has 0 saturated heterocycles. The van der Waals surface area contributed by atoms with Gasteiger partial charge in [-0.05, 0) is 37.5 Å². The third-order valence-corrected chi connectivity index (χ3v) is 4.49. The summed E-state index contributed by atoms with van der Waals surface area (Å²) in [5, 5.41) is 2.41. The largest absolute Gasteiger partial charge is 0.390 e. The molecule has 2 aliphatic carbocycles. The quantitative estimate of drug-likeness (QED) is 0.841. The van der Waals surface area contributed by atoms with Crippen LogP contribution in [0.5, 0.6) is 0 Å². The molecule has 3 N–H and O–H groups in total.